The van der Waals surface area contributed by atoms with E-state index in [0.29, 0.717) is 5.41 Å². The summed E-state index contributed by atoms with van der Waals surface area (Å²) in [5.41, 5.74) is 5.35. The minimum Gasteiger partial charge on any atom is -0.298 e. The molecule has 1 heteroatoms. The molecule has 0 atom stereocenters. The van der Waals surface area contributed by atoms with Gasteiger partial charge in [0.05, 0.1) is 0 Å². The molecule has 0 bridgehead atoms. The maximum atomic E-state index is 2.61. The van der Waals surface area contributed by atoms with Gasteiger partial charge in [0.25, 0.3) is 0 Å². The second-order valence-electron chi connectivity index (χ2n) is 8.21. The van der Waals surface area contributed by atoms with Crippen molar-refractivity contribution in [2.24, 2.45) is 5.41 Å². The first-order valence-electron chi connectivity index (χ1n) is 7.50. The summed E-state index contributed by atoms with van der Waals surface area (Å²) in [6.45, 7) is 17.5. The Kier molecular flexibility index (Phi) is 3.79. The Balaban J connectivity index is 2.23. The van der Waals surface area contributed by atoms with Crippen LogP contribution >= 0.6 is 0 Å². The highest BCUT2D eigenvalue weighted by molar-refractivity contribution is 5.40. The van der Waals surface area contributed by atoms with E-state index in [1.165, 1.54) is 19.5 Å². The van der Waals surface area contributed by atoms with E-state index in [4.69, 9.17) is 0 Å². The zero-order chi connectivity index (χ0) is 14.3. The summed E-state index contributed by atoms with van der Waals surface area (Å²) in [4.78, 5) is 2.61. The Morgan fingerprint density at radius 2 is 1.74 bits per heavy atom. The molecule has 1 heterocycles. The van der Waals surface area contributed by atoms with E-state index in [1.54, 1.807) is 16.7 Å². The quantitative estimate of drug-likeness (QED) is 0.723. The number of nitrogens with zero attached hydrogens (tertiary/aromatic N) is 1. The molecule has 0 aliphatic carbocycles. The molecule has 19 heavy (non-hydrogen) atoms. The zero-order valence-corrected chi connectivity index (χ0v) is 13.5. The van der Waals surface area contributed by atoms with Gasteiger partial charge in [-0.05, 0) is 33.9 Å². The lowest BCUT2D eigenvalue weighted by atomic mass is 9.80. The SMILES string of the molecule is CC(C)(C)CN1CCc2c(cccc2C(C)(C)C)C1. The maximum Gasteiger partial charge on any atom is 0.0236 e. The first kappa shape index (κ1) is 14.6. The lowest BCUT2D eigenvalue weighted by molar-refractivity contribution is 0.176. The monoisotopic (exact) mass is 259 g/mol. The highest BCUT2D eigenvalue weighted by atomic mass is 15.1. The Hall–Kier alpha value is -0.820. The molecule has 1 aliphatic rings. The molecule has 0 saturated carbocycles. The van der Waals surface area contributed by atoms with Gasteiger partial charge in [-0.1, -0.05) is 59.7 Å². The predicted octanol–water partition coefficient (Wildman–Crippen LogP) is 4.39. The third kappa shape index (κ3) is 3.60. The minimum absolute atomic E-state index is 0.261. The molecule has 0 fully saturated rings. The lowest BCUT2D eigenvalue weighted by Crippen LogP contribution is -2.37. The van der Waals surface area contributed by atoms with E-state index < -0.39 is 0 Å². The normalized spacial score (nSPS) is 17.4. The van der Waals surface area contributed by atoms with Crippen molar-refractivity contribution in [3.8, 4) is 0 Å². The average Bonchev–Trinajstić information content (AvgIpc) is 2.24. The van der Waals surface area contributed by atoms with Crippen LogP contribution in [-0.2, 0) is 18.4 Å². The van der Waals surface area contributed by atoms with Crippen molar-refractivity contribution < 1.29 is 0 Å². The van der Waals surface area contributed by atoms with Gasteiger partial charge in [-0.25, -0.2) is 0 Å². The summed E-state index contributed by atoms with van der Waals surface area (Å²) >= 11 is 0. The molecule has 0 amide bonds. The van der Waals surface area contributed by atoms with Crippen LogP contribution in [0.15, 0.2) is 18.2 Å². The zero-order valence-electron chi connectivity index (χ0n) is 13.5. The fourth-order valence-corrected chi connectivity index (χ4v) is 3.18. The molecule has 0 unspecified atom stereocenters. The first-order valence-corrected chi connectivity index (χ1v) is 7.50. The van der Waals surface area contributed by atoms with E-state index in [-0.39, 0.29) is 5.41 Å². The fourth-order valence-electron chi connectivity index (χ4n) is 3.18. The van der Waals surface area contributed by atoms with Gasteiger partial charge in [0.15, 0.2) is 0 Å². The molecule has 2 rings (SSSR count). The Morgan fingerprint density at radius 1 is 1.05 bits per heavy atom. The number of rotatable bonds is 1. The van der Waals surface area contributed by atoms with Crippen molar-refractivity contribution >= 4 is 0 Å². The van der Waals surface area contributed by atoms with Crippen LogP contribution in [0, 0.1) is 5.41 Å². The summed E-state index contributed by atoms with van der Waals surface area (Å²) in [7, 11) is 0. The number of hydrogen-bond acceptors (Lipinski definition) is 1. The van der Waals surface area contributed by atoms with Gasteiger partial charge in [-0.3, -0.25) is 4.90 Å². The van der Waals surface area contributed by atoms with Gasteiger partial charge in [0.1, 0.15) is 0 Å². The highest BCUT2D eigenvalue weighted by Gasteiger charge is 2.25. The van der Waals surface area contributed by atoms with E-state index in [0.717, 1.165) is 6.54 Å². The Bertz CT molecular complexity index is 446. The lowest BCUT2D eigenvalue weighted by Gasteiger charge is -2.36. The fraction of sp³-hybridized carbons (Fsp3) is 0.667. The molecular weight excluding hydrogens is 230 g/mol. The van der Waals surface area contributed by atoms with Gasteiger partial charge in [0.2, 0.25) is 0 Å². The molecule has 0 saturated heterocycles. The van der Waals surface area contributed by atoms with Crippen LogP contribution in [0.3, 0.4) is 0 Å². The summed E-state index contributed by atoms with van der Waals surface area (Å²) < 4.78 is 0. The van der Waals surface area contributed by atoms with Crippen molar-refractivity contribution in [1.82, 2.24) is 4.90 Å². The van der Waals surface area contributed by atoms with Crippen LogP contribution in [0.2, 0.25) is 0 Å². The second-order valence-corrected chi connectivity index (χ2v) is 8.21. The average molecular weight is 259 g/mol. The van der Waals surface area contributed by atoms with Gasteiger partial charge < -0.3 is 0 Å². The molecule has 0 aromatic heterocycles. The minimum atomic E-state index is 0.261. The molecule has 1 nitrogen and oxygen atoms in total. The molecule has 0 radical (unpaired) electrons. The summed E-state index contributed by atoms with van der Waals surface area (Å²) in [6.07, 6.45) is 1.21. The second kappa shape index (κ2) is 4.94. The molecule has 0 N–H and O–H groups in total. The molecule has 1 aromatic carbocycles. The van der Waals surface area contributed by atoms with Crippen LogP contribution in [0.4, 0.5) is 0 Å². The molecule has 1 aromatic rings. The van der Waals surface area contributed by atoms with E-state index in [2.05, 4.69) is 64.6 Å². The third-order valence-electron chi connectivity index (χ3n) is 3.85. The summed E-state index contributed by atoms with van der Waals surface area (Å²) in [5.74, 6) is 0. The predicted molar refractivity (Wildman–Crippen MR) is 83.6 cm³/mol. The van der Waals surface area contributed by atoms with E-state index in [9.17, 15) is 0 Å². The van der Waals surface area contributed by atoms with Gasteiger partial charge in [-0.15, -0.1) is 0 Å². The Labute approximate surface area is 119 Å². The Morgan fingerprint density at radius 3 is 2.32 bits per heavy atom. The van der Waals surface area contributed by atoms with Crippen molar-refractivity contribution in [3.63, 3.8) is 0 Å². The van der Waals surface area contributed by atoms with Crippen molar-refractivity contribution in [3.05, 3.63) is 34.9 Å². The molecule has 1 aliphatic heterocycles. The molecule has 106 valence electrons. The highest BCUT2D eigenvalue weighted by Crippen LogP contribution is 2.32. The van der Waals surface area contributed by atoms with Crippen molar-refractivity contribution in [2.45, 2.75) is 59.9 Å². The largest absolute Gasteiger partial charge is 0.298 e. The van der Waals surface area contributed by atoms with Gasteiger partial charge in [0, 0.05) is 19.6 Å². The van der Waals surface area contributed by atoms with Gasteiger partial charge >= 0.3 is 0 Å². The van der Waals surface area contributed by atoms with E-state index in [1.807, 2.05) is 0 Å². The maximum absolute atomic E-state index is 2.61. The van der Waals surface area contributed by atoms with Crippen LogP contribution in [0.1, 0.15) is 58.2 Å². The summed E-state index contributed by atoms with van der Waals surface area (Å²) in [5, 5.41) is 0. The third-order valence-corrected chi connectivity index (χ3v) is 3.85. The molecule has 0 spiro atoms. The van der Waals surface area contributed by atoms with Crippen LogP contribution < -0.4 is 0 Å². The first-order chi connectivity index (χ1) is 8.67. The number of fused-ring (bicyclic) bond motifs is 1. The van der Waals surface area contributed by atoms with Crippen LogP contribution in [0.25, 0.3) is 0 Å². The standard InChI is InChI=1S/C18H29N/c1-17(2,3)13-19-11-10-15-14(12-19)8-7-9-16(15)18(4,5)6/h7-9H,10-13H2,1-6H3. The van der Waals surface area contributed by atoms with Crippen LogP contribution in [0.5, 0.6) is 0 Å². The topological polar surface area (TPSA) is 3.24 Å². The smallest absolute Gasteiger partial charge is 0.0236 e. The van der Waals surface area contributed by atoms with Crippen molar-refractivity contribution in [1.29, 1.82) is 0 Å². The number of hydrogen-bond donors (Lipinski definition) is 0. The van der Waals surface area contributed by atoms with E-state index >= 15 is 0 Å². The number of benzene rings is 1. The van der Waals surface area contributed by atoms with Gasteiger partial charge in [-0.2, -0.15) is 0 Å². The van der Waals surface area contributed by atoms with Crippen molar-refractivity contribution in [2.75, 3.05) is 13.1 Å². The van der Waals surface area contributed by atoms with Crippen LogP contribution in [-0.4, -0.2) is 18.0 Å². The molecular formula is C18H29N. The summed E-state index contributed by atoms with van der Waals surface area (Å²) in [6, 6.07) is 6.87.